The Bertz CT molecular complexity index is 432. The highest BCUT2D eigenvalue weighted by atomic mass is 15.3. The van der Waals surface area contributed by atoms with Gasteiger partial charge in [0.25, 0.3) is 0 Å². The van der Waals surface area contributed by atoms with E-state index in [9.17, 15) is 0 Å². The first-order valence-electron chi connectivity index (χ1n) is 7.26. The number of aryl methyl sites for hydroxylation is 1. The minimum absolute atomic E-state index is 0.522. The summed E-state index contributed by atoms with van der Waals surface area (Å²) in [5.74, 6) is 8.78. The van der Waals surface area contributed by atoms with Gasteiger partial charge in [-0.1, -0.05) is 20.3 Å². The SMILES string of the molecule is CCCc1nc(NN)c(C)c(NC2CCCC2C)n1. The predicted octanol–water partition coefficient (Wildman–Crippen LogP) is 2.62. The molecule has 2 rings (SSSR count). The van der Waals surface area contributed by atoms with Crippen LogP contribution in [0.5, 0.6) is 0 Å². The maximum absolute atomic E-state index is 5.55. The highest BCUT2D eigenvalue weighted by Crippen LogP contribution is 2.29. The highest BCUT2D eigenvalue weighted by molar-refractivity contribution is 5.57. The quantitative estimate of drug-likeness (QED) is 0.562. The third-order valence-electron chi connectivity index (χ3n) is 3.99. The lowest BCUT2D eigenvalue weighted by Gasteiger charge is -2.20. The average molecular weight is 263 g/mol. The summed E-state index contributed by atoms with van der Waals surface area (Å²) in [4.78, 5) is 9.10. The Kier molecular flexibility index (Phi) is 4.58. The van der Waals surface area contributed by atoms with Crippen LogP contribution in [0.2, 0.25) is 0 Å². The molecule has 0 amide bonds. The van der Waals surface area contributed by atoms with Crippen molar-refractivity contribution in [1.29, 1.82) is 0 Å². The molecule has 0 aromatic carbocycles. The first kappa shape index (κ1) is 14.1. The Morgan fingerprint density at radius 1 is 1.26 bits per heavy atom. The van der Waals surface area contributed by atoms with E-state index < -0.39 is 0 Å². The van der Waals surface area contributed by atoms with Gasteiger partial charge in [0.15, 0.2) is 0 Å². The number of nitrogens with zero attached hydrogens (tertiary/aromatic N) is 2. The summed E-state index contributed by atoms with van der Waals surface area (Å²) >= 11 is 0. The lowest BCUT2D eigenvalue weighted by molar-refractivity contribution is 0.554. The molecule has 5 heteroatoms. The molecular weight excluding hydrogens is 238 g/mol. The Balaban J connectivity index is 2.24. The number of rotatable bonds is 5. The van der Waals surface area contributed by atoms with E-state index in [1.165, 1.54) is 19.3 Å². The van der Waals surface area contributed by atoms with E-state index in [1.807, 2.05) is 6.92 Å². The Hall–Kier alpha value is -1.36. The molecule has 1 aliphatic carbocycles. The second-order valence-corrected chi connectivity index (χ2v) is 5.52. The fourth-order valence-electron chi connectivity index (χ4n) is 2.71. The van der Waals surface area contributed by atoms with E-state index in [2.05, 4.69) is 34.6 Å². The number of aromatic nitrogens is 2. The third kappa shape index (κ3) is 3.15. The first-order chi connectivity index (χ1) is 9.15. The van der Waals surface area contributed by atoms with Crippen LogP contribution in [-0.4, -0.2) is 16.0 Å². The number of hydrogen-bond donors (Lipinski definition) is 3. The van der Waals surface area contributed by atoms with Crippen molar-refractivity contribution < 1.29 is 0 Å². The molecule has 0 bridgehead atoms. The van der Waals surface area contributed by atoms with Crippen molar-refractivity contribution in [1.82, 2.24) is 9.97 Å². The topological polar surface area (TPSA) is 75.9 Å². The first-order valence-corrected chi connectivity index (χ1v) is 7.26. The third-order valence-corrected chi connectivity index (χ3v) is 3.99. The van der Waals surface area contributed by atoms with Gasteiger partial charge in [0.2, 0.25) is 0 Å². The zero-order valence-corrected chi connectivity index (χ0v) is 12.2. The van der Waals surface area contributed by atoms with Crippen LogP contribution >= 0.6 is 0 Å². The summed E-state index contributed by atoms with van der Waals surface area (Å²) in [6.45, 7) is 6.44. The molecule has 2 atom stereocenters. The normalized spacial score (nSPS) is 22.5. The fourth-order valence-corrected chi connectivity index (χ4v) is 2.71. The van der Waals surface area contributed by atoms with Crippen LogP contribution in [0.15, 0.2) is 0 Å². The molecule has 1 aromatic heterocycles. The number of hydrogen-bond acceptors (Lipinski definition) is 5. The summed E-state index contributed by atoms with van der Waals surface area (Å²) in [6, 6.07) is 0.522. The Morgan fingerprint density at radius 3 is 2.58 bits per heavy atom. The van der Waals surface area contributed by atoms with Crippen molar-refractivity contribution in [3.63, 3.8) is 0 Å². The summed E-state index contributed by atoms with van der Waals surface area (Å²) in [5, 5.41) is 3.59. The van der Waals surface area contributed by atoms with Gasteiger partial charge in [0.05, 0.1) is 0 Å². The zero-order valence-electron chi connectivity index (χ0n) is 12.2. The van der Waals surface area contributed by atoms with Crippen LogP contribution in [0, 0.1) is 12.8 Å². The van der Waals surface area contributed by atoms with Crippen LogP contribution in [0.3, 0.4) is 0 Å². The van der Waals surface area contributed by atoms with Crippen molar-refractivity contribution >= 4 is 11.6 Å². The van der Waals surface area contributed by atoms with E-state index in [4.69, 9.17) is 5.84 Å². The van der Waals surface area contributed by atoms with E-state index in [0.29, 0.717) is 12.0 Å². The summed E-state index contributed by atoms with van der Waals surface area (Å²) in [6.07, 6.45) is 5.73. The monoisotopic (exact) mass is 263 g/mol. The maximum Gasteiger partial charge on any atom is 0.148 e. The number of nitrogens with one attached hydrogen (secondary N) is 2. The average Bonchev–Trinajstić information content (AvgIpc) is 2.79. The van der Waals surface area contributed by atoms with Gasteiger partial charge < -0.3 is 10.7 Å². The molecule has 5 nitrogen and oxygen atoms in total. The van der Waals surface area contributed by atoms with Gasteiger partial charge in [-0.3, -0.25) is 0 Å². The van der Waals surface area contributed by atoms with Gasteiger partial charge in [-0.05, 0) is 32.1 Å². The fraction of sp³-hybridized carbons (Fsp3) is 0.714. The highest BCUT2D eigenvalue weighted by Gasteiger charge is 2.24. The standard InChI is InChI=1S/C14H25N5/c1-4-6-12-17-13(10(3)14(18-12)19-15)16-11-8-5-7-9(11)2/h9,11H,4-8,15H2,1-3H3,(H2,16,17,18,19). The molecule has 0 aliphatic heterocycles. The number of anilines is 2. The molecule has 1 aromatic rings. The van der Waals surface area contributed by atoms with Crippen LogP contribution in [-0.2, 0) is 6.42 Å². The molecule has 0 saturated heterocycles. The van der Waals surface area contributed by atoms with E-state index in [0.717, 1.165) is 35.9 Å². The minimum Gasteiger partial charge on any atom is -0.367 e. The minimum atomic E-state index is 0.522. The molecule has 19 heavy (non-hydrogen) atoms. The van der Waals surface area contributed by atoms with Crippen molar-refractivity contribution in [2.75, 3.05) is 10.7 Å². The van der Waals surface area contributed by atoms with Crippen molar-refractivity contribution in [2.45, 2.75) is 58.9 Å². The summed E-state index contributed by atoms with van der Waals surface area (Å²) in [5.41, 5.74) is 3.68. The molecular formula is C14H25N5. The van der Waals surface area contributed by atoms with Crippen molar-refractivity contribution in [2.24, 2.45) is 11.8 Å². The van der Waals surface area contributed by atoms with E-state index in [-0.39, 0.29) is 0 Å². The molecule has 1 aliphatic rings. The number of nitrogens with two attached hydrogens (primary N) is 1. The molecule has 0 spiro atoms. The van der Waals surface area contributed by atoms with Crippen LogP contribution < -0.4 is 16.6 Å². The number of hydrazine groups is 1. The second kappa shape index (κ2) is 6.19. The molecule has 1 fully saturated rings. The maximum atomic E-state index is 5.55. The molecule has 1 heterocycles. The van der Waals surface area contributed by atoms with Gasteiger partial charge in [-0.2, -0.15) is 0 Å². The predicted molar refractivity (Wildman–Crippen MR) is 79.0 cm³/mol. The largest absolute Gasteiger partial charge is 0.367 e. The lowest BCUT2D eigenvalue weighted by atomic mass is 10.1. The van der Waals surface area contributed by atoms with Crippen LogP contribution in [0.1, 0.15) is 50.9 Å². The molecule has 4 N–H and O–H groups in total. The molecule has 1 saturated carbocycles. The van der Waals surface area contributed by atoms with Crippen LogP contribution in [0.25, 0.3) is 0 Å². The molecule has 0 radical (unpaired) electrons. The van der Waals surface area contributed by atoms with Gasteiger partial charge in [-0.25, -0.2) is 15.8 Å². The lowest BCUT2D eigenvalue weighted by Crippen LogP contribution is -2.24. The van der Waals surface area contributed by atoms with Crippen molar-refractivity contribution in [3.8, 4) is 0 Å². The van der Waals surface area contributed by atoms with Crippen molar-refractivity contribution in [3.05, 3.63) is 11.4 Å². The van der Waals surface area contributed by atoms with Gasteiger partial charge in [0, 0.05) is 18.0 Å². The second-order valence-electron chi connectivity index (χ2n) is 5.52. The van der Waals surface area contributed by atoms with Gasteiger partial charge >= 0.3 is 0 Å². The Labute approximate surface area is 115 Å². The van der Waals surface area contributed by atoms with E-state index >= 15 is 0 Å². The smallest absolute Gasteiger partial charge is 0.148 e. The molecule has 2 unspecified atom stereocenters. The Morgan fingerprint density at radius 2 is 2.00 bits per heavy atom. The number of nitrogen functional groups attached to an aromatic ring is 1. The summed E-state index contributed by atoms with van der Waals surface area (Å²) in [7, 11) is 0. The molecule has 106 valence electrons. The van der Waals surface area contributed by atoms with Gasteiger partial charge in [0.1, 0.15) is 17.5 Å². The van der Waals surface area contributed by atoms with Crippen LogP contribution in [0.4, 0.5) is 11.6 Å². The van der Waals surface area contributed by atoms with E-state index in [1.54, 1.807) is 0 Å². The zero-order chi connectivity index (χ0) is 13.8. The summed E-state index contributed by atoms with van der Waals surface area (Å²) < 4.78 is 0. The van der Waals surface area contributed by atoms with Gasteiger partial charge in [-0.15, -0.1) is 0 Å².